The number of fused-ring (bicyclic) bond motifs is 1. The van der Waals surface area contributed by atoms with Crippen LogP contribution in [0.3, 0.4) is 0 Å². The Balaban J connectivity index is 1.59. The normalized spacial score (nSPS) is 11.0. The predicted octanol–water partition coefficient (Wildman–Crippen LogP) is 1.59. The van der Waals surface area contributed by atoms with Gasteiger partial charge in [0, 0.05) is 29.6 Å². The molecule has 0 unspecified atom stereocenters. The molecule has 0 aliphatic heterocycles. The molecular weight excluding hydrogens is 318 g/mol. The van der Waals surface area contributed by atoms with Crippen LogP contribution in [-0.4, -0.2) is 25.3 Å². The molecule has 3 aromatic heterocycles. The van der Waals surface area contributed by atoms with Gasteiger partial charge in [-0.15, -0.1) is 0 Å². The van der Waals surface area contributed by atoms with Gasteiger partial charge in [-0.25, -0.2) is 9.97 Å². The van der Waals surface area contributed by atoms with Crippen LogP contribution in [0.25, 0.3) is 5.65 Å². The number of pyridine rings is 1. The van der Waals surface area contributed by atoms with Crippen molar-refractivity contribution in [2.24, 2.45) is 0 Å². The molecule has 130 valence electrons. The van der Waals surface area contributed by atoms with Gasteiger partial charge in [-0.1, -0.05) is 6.07 Å². The van der Waals surface area contributed by atoms with Crippen LogP contribution in [0, 0.1) is 20.8 Å². The molecule has 3 aromatic rings. The van der Waals surface area contributed by atoms with Crippen LogP contribution in [-0.2, 0) is 17.8 Å². The first-order valence-corrected chi connectivity index (χ1v) is 8.20. The Morgan fingerprint density at radius 1 is 1.24 bits per heavy atom. The highest BCUT2D eigenvalue weighted by atomic mass is 16.1. The lowest BCUT2D eigenvalue weighted by Gasteiger charge is -2.06. The Morgan fingerprint density at radius 2 is 2.04 bits per heavy atom. The van der Waals surface area contributed by atoms with Crippen LogP contribution in [0.15, 0.2) is 29.2 Å². The number of hydrogen-bond donors (Lipinski definition) is 2. The van der Waals surface area contributed by atoms with E-state index in [1.807, 2.05) is 35.7 Å². The number of rotatable bonds is 5. The SMILES string of the molecule is Cc1nc(C)c(CCC(=O)NCc2cn3c(C)cccc3n2)c(=O)[nH]1. The Labute approximate surface area is 145 Å². The monoisotopic (exact) mass is 339 g/mol. The molecule has 0 fully saturated rings. The molecule has 3 heterocycles. The number of nitrogens with zero attached hydrogens (tertiary/aromatic N) is 3. The molecule has 7 heteroatoms. The van der Waals surface area contributed by atoms with Gasteiger partial charge in [0.05, 0.1) is 12.2 Å². The topological polar surface area (TPSA) is 92.2 Å². The molecule has 0 radical (unpaired) electrons. The van der Waals surface area contributed by atoms with Gasteiger partial charge in [0.15, 0.2) is 0 Å². The highest BCUT2D eigenvalue weighted by molar-refractivity contribution is 5.76. The van der Waals surface area contributed by atoms with Gasteiger partial charge >= 0.3 is 0 Å². The molecular formula is C18H21N5O2. The van der Waals surface area contributed by atoms with Gasteiger partial charge in [-0.05, 0) is 39.3 Å². The molecule has 0 aliphatic rings. The number of hydrogen-bond acceptors (Lipinski definition) is 4. The minimum absolute atomic E-state index is 0.117. The van der Waals surface area contributed by atoms with Gasteiger partial charge < -0.3 is 14.7 Å². The first-order chi connectivity index (χ1) is 11.9. The van der Waals surface area contributed by atoms with Crippen molar-refractivity contribution < 1.29 is 4.79 Å². The summed E-state index contributed by atoms with van der Waals surface area (Å²) in [5.74, 6) is 0.464. The van der Waals surface area contributed by atoms with Crippen molar-refractivity contribution in [2.75, 3.05) is 0 Å². The van der Waals surface area contributed by atoms with Crippen molar-refractivity contribution in [1.29, 1.82) is 0 Å². The van der Waals surface area contributed by atoms with Gasteiger partial charge in [-0.3, -0.25) is 9.59 Å². The summed E-state index contributed by atoms with van der Waals surface area (Å²) >= 11 is 0. The molecule has 0 bridgehead atoms. The van der Waals surface area contributed by atoms with E-state index in [1.165, 1.54) is 0 Å². The van der Waals surface area contributed by atoms with Gasteiger partial charge in [0.1, 0.15) is 11.5 Å². The van der Waals surface area contributed by atoms with E-state index in [0.29, 0.717) is 30.0 Å². The Kier molecular flexibility index (Phi) is 4.65. The number of aromatic amines is 1. The average molecular weight is 339 g/mol. The Morgan fingerprint density at radius 3 is 2.76 bits per heavy atom. The average Bonchev–Trinajstić information content (AvgIpc) is 2.96. The minimum Gasteiger partial charge on any atom is -0.350 e. The molecule has 3 rings (SSSR count). The second-order valence-electron chi connectivity index (χ2n) is 6.12. The molecule has 1 amide bonds. The lowest BCUT2D eigenvalue weighted by Crippen LogP contribution is -2.25. The van der Waals surface area contributed by atoms with E-state index in [-0.39, 0.29) is 17.9 Å². The van der Waals surface area contributed by atoms with Crippen molar-refractivity contribution in [1.82, 2.24) is 24.7 Å². The molecule has 0 aliphatic carbocycles. The summed E-state index contributed by atoms with van der Waals surface area (Å²) in [5, 5.41) is 2.85. The van der Waals surface area contributed by atoms with Crippen molar-refractivity contribution in [2.45, 2.75) is 40.2 Å². The van der Waals surface area contributed by atoms with Crippen molar-refractivity contribution in [3.8, 4) is 0 Å². The first kappa shape index (κ1) is 16.9. The maximum absolute atomic E-state index is 12.1. The third-order valence-corrected chi connectivity index (χ3v) is 4.16. The zero-order chi connectivity index (χ0) is 18.0. The van der Waals surface area contributed by atoms with E-state index in [9.17, 15) is 9.59 Å². The van der Waals surface area contributed by atoms with E-state index < -0.39 is 0 Å². The number of aryl methyl sites for hydroxylation is 3. The third kappa shape index (κ3) is 3.76. The van der Waals surface area contributed by atoms with Crippen LogP contribution in [0.4, 0.5) is 0 Å². The highest BCUT2D eigenvalue weighted by Gasteiger charge is 2.10. The molecule has 0 aromatic carbocycles. The molecule has 0 saturated heterocycles. The van der Waals surface area contributed by atoms with E-state index in [4.69, 9.17) is 0 Å². The summed E-state index contributed by atoms with van der Waals surface area (Å²) in [6, 6.07) is 5.89. The maximum Gasteiger partial charge on any atom is 0.254 e. The third-order valence-electron chi connectivity index (χ3n) is 4.16. The van der Waals surface area contributed by atoms with Crippen LogP contribution in [0.2, 0.25) is 0 Å². The predicted molar refractivity (Wildman–Crippen MR) is 94.4 cm³/mol. The van der Waals surface area contributed by atoms with Crippen LogP contribution >= 0.6 is 0 Å². The quantitative estimate of drug-likeness (QED) is 0.738. The fourth-order valence-corrected chi connectivity index (χ4v) is 2.85. The summed E-state index contributed by atoms with van der Waals surface area (Å²) < 4.78 is 1.99. The summed E-state index contributed by atoms with van der Waals surface area (Å²) in [7, 11) is 0. The Bertz CT molecular complexity index is 987. The number of imidazole rings is 1. The summed E-state index contributed by atoms with van der Waals surface area (Å²) in [5.41, 5.74) is 3.80. The lowest BCUT2D eigenvalue weighted by atomic mass is 10.1. The van der Waals surface area contributed by atoms with E-state index in [1.54, 1.807) is 13.8 Å². The fourth-order valence-electron chi connectivity index (χ4n) is 2.85. The summed E-state index contributed by atoms with van der Waals surface area (Å²) in [6.07, 6.45) is 2.52. The molecule has 0 spiro atoms. The number of aromatic nitrogens is 4. The number of nitrogens with one attached hydrogen (secondary N) is 2. The second kappa shape index (κ2) is 6.88. The first-order valence-electron chi connectivity index (χ1n) is 8.20. The molecule has 0 atom stereocenters. The molecule has 25 heavy (non-hydrogen) atoms. The van der Waals surface area contributed by atoms with Crippen LogP contribution in [0.5, 0.6) is 0 Å². The van der Waals surface area contributed by atoms with Crippen LogP contribution < -0.4 is 10.9 Å². The van der Waals surface area contributed by atoms with E-state index in [2.05, 4.69) is 20.3 Å². The zero-order valence-corrected chi connectivity index (χ0v) is 14.6. The second-order valence-corrected chi connectivity index (χ2v) is 6.12. The number of H-pyrrole nitrogens is 1. The smallest absolute Gasteiger partial charge is 0.254 e. The standard InChI is InChI=1S/C18H21N5O2/c1-11-5-4-6-16-22-14(10-23(11)16)9-19-17(24)8-7-15-12(2)20-13(3)21-18(15)25/h4-6,10H,7-9H2,1-3H3,(H,19,24)(H,20,21,25). The fraction of sp³-hybridized carbons (Fsp3) is 0.333. The Hall–Kier alpha value is -2.96. The minimum atomic E-state index is -0.173. The maximum atomic E-state index is 12.1. The number of amides is 1. The summed E-state index contributed by atoms with van der Waals surface area (Å²) in [6.45, 7) is 5.89. The van der Waals surface area contributed by atoms with Gasteiger partial charge in [0.2, 0.25) is 5.91 Å². The summed E-state index contributed by atoms with van der Waals surface area (Å²) in [4.78, 5) is 35.4. The highest BCUT2D eigenvalue weighted by Crippen LogP contribution is 2.08. The number of carbonyl (C=O) groups is 1. The van der Waals surface area contributed by atoms with E-state index in [0.717, 1.165) is 17.0 Å². The zero-order valence-electron chi connectivity index (χ0n) is 14.6. The molecule has 0 saturated carbocycles. The van der Waals surface area contributed by atoms with Gasteiger partial charge in [-0.2, -0.15) is 0 Å². The van der Waals surface area contributed by atoms with Crippen molar-refractivity contribution >= 4 is 11.6 Å². The largest absolute Gasteiger partial charge is 0.350 e. The number of carbonyl (C=O) groups excluding carboxylic acids is 1. The molecule has 2 N–H and O–H groups in total. The van der Waals surface area contributed by atoms with Gasteiger partial charge in [0.25, 0.3) is 5.56 Å². The molecule has 7 nitrogen and oxygen atoms in total. The van der Waals surface area contributed by atoms with Crippen molar-refractivity contribution in [3.05, 3.63) is 63.2 Å². The van der Waals surface area contributed by atoms with E-state index >= 15 is 0 Å². The van der Waals surface area contributed by atoms with Crippen LogP contribution in [0.1, 0.15) is 34.9 Å². The van der Waals surface area contributed by atoms with Crippen molar-refractivity contribution in [3.63, 3.8) is 0 Å². The lowest BCUT2D eigenvalue weighted by molar-refractivity contribution is -0.121.